The van der Waals surface area contributed by atoms with E-state index in [0.29, 0.717) is 5.56 Å². The molecule has 0 fully saturated rings. The van der Waals surface area contributed by atoms with Crippen molar-refractivity contribution in [3.63, 3.8) is 0 Å². The van der Waals surface area contributed by atoms with Gasteiger partial charge in [0.2, 0.25) is 0 Å². The summed E-state index contributed by atoms with van der Waals surface area (Å²) in [5.41, 5.74) is 2.78. The minimum atomic E-state index is -0.290. The van der Waals surface area contributed by atoms with E-state index in [1.807, 2.05) is 24.3 Å². The fraction of sp³-hybridized carbons (Fsp3) is 0.346. The van der Waals surface area contributed by atoms with Gasteiger partial charge in [-0.25, -0.2) is 9.37 Å². The van der Waals surface area contributed by atoms with Crippen molar-refractivity contribution in [2.45, 2.75) is 33.2 Å². The van der Waals surface area contributed by atoms with Gasteiger partial charge in [0.05, 0.1) is 12.4 Å². The number of nitrogens with zero attached hydrogens (tertiary/aromatic N) is 3. The lowest BCUT2D eigenvalue weighted by Gasteiger charge is -2.35. The van der Waals surface area contributed by atoms with E-state index in [0.717, 1.165) is 62.1 Å². The molecule has 0 bridgehead atoms. The average molecular weight is 433 g/mol. The molecule has 32 heavy (non-hydrogen) atoms. The first kappa shape index (κ1) is 21.9. The van der Waals surface area contributed by atoms with Crippen molar-refractivity contribution in [2.75, 3.05) is 31.3 Å². The molecule has 2 heterocycles. The smallest absolute Gasteiger partial charge is 0.152 e. The van der Waals surface area contributed by atoms with Gasteiger partial charge in [0.25, 0.3) is 0 Å². The van der Waals surface area contributed by atoms with Gasteiger partial charge in [-0.3, -0.25) is 4.90 Å². The lowest BCUT2D eigenvalue weighted by atomic mass is 10.2. The number of rotatable bonds is 7. The maximum Gasteiger partial charge on any atom is 0.152 e. The van der Waals surface area contributed by atoms with Crippen molar-refractivity contribution in [3.8, 4) is 29.0 Å². The molecule has 1 N–H and O–H groups in total. The maximum atomic E-state index is 13.2. The van der Waals surface area contributed by atoms with E-state index in [1.165, 1.54) is 17.8 Å². The molecule has 2 aromatic carbocycles. The van der Waals surface area contributed by atoms with Crippen molar-refractivity contribution < 1.29 is 9.13 Å². The highest BCUT2D eigenvalue weighted by Crippen LogP contribution is 2.30. The number of fused-ring (bicyclic) bond motifs is 1. The molecule has 5 nitrogen and oxygen atoms in total. The third-order valence-electron chi connectivity index (χ3n) is 5.32. The lowest BCUT2D eigenvalue weighted by Crippen LogP contribution is -2.43. The third-order valence-corrected chi connectivity index (χ3v) is 5.32. The number of halogens is 1. The molecular formula is C26H29FN4O. The van der Waals surface area contributed by atoms with Crippen LogP contribution >= 0.6 is 0 Å². The molecule has 0 atom stereocenters. The molecule has 0 radical (unpaired) electrons. The Hall–Kier alpha value is -3.30. The fourth-order valence-electron chi connectivity index (χ4n) is 3.96. The van der Waals surface area contributed by atoms with Crippen LogP contribution in [0, 0.1) is 17.7 Å². The van der Waals surface area contributed by atoms with Gasteiger partial charge < -0.3 is 14.6 Å². The number of aromatic nitrogens is 2. The molecular weight excluding hydrogens is 403 g/mol. The van der Waals surface area contributed by atoms with E-state index in [9.17, 15) is 4.39 Å². The van der Waals surface area contributed by atoms with E-state index >= 15 is 0 Å². The van der Waals surface area contributed by atoms with Crippen LogP contribution in [0.4, 0.5) is 10.2 Å². The van der Waals surface area contributed by atoms with Crippen LogP contribution in [0.2, 0.25) is 0 Å². The molecule has 166 valence electrons. The number of imidazole rings is 1. The number of hydrogen-bond acceptors (Lipinski definition) is 4. The Labute approximate surface area is 189 Å². The van der Waals surface area contributed by atoms with Crippen LogP contribution in [-0.2, 0) is 6.54 Å². The first-order valence-corrected chi connectivity index (χ1v) is 11.2. The highest BCUT2D eigenvalue weighted by Gasteiger charge is 2.25. The van der Waals surface area contributed by atoms with Crippen molar-refractivity contribution in [3.05, 3.63) is 65.6 Å². The number of aromatic amines is 1. The highest BCUT2D eigenvalue weighted by molar-refractivity contribution is 5.63. The van der Waals surface area contributed by atoms with E-state index in [-0.39, 0.29) is 12.4 Å². The topological polar surface area (TPSA) is 44.4 Å². The van der Waals surface area contributed by atoms with Crippen LogP contribution in [0.25, 0.3) is 11.4 Å². The second-order valence-electron chi connectivity index (χ2n) is 7.97. The van der Waals surface area contributed by atoms with E-state index in [1.54, 1.807) is 12.1 Å². The minimum Gasteiger partial charge on any atom is -0.481 e. The molecule has 3 aromatic rings. The molecule has 0 spiro atoms. The summed E-state index contributed by atoms with van der Waals surface area (Å²) < 4.78 is 19.0. The van der Waals surface area contributed by atoms with Crippen molar-refractivity contribution >= 4 is 5.82 Å². The molecule has 6 heteroatoms. The quantitative estimate of drug-likeness (QED) is 0.531. The Morgan fingerprint density at radius 3 is 2.75 bits per heavy atom. The number of anilines is 1. The first-order valence-electron chi connectivity index (χ1n) is 11.2. The Balaban J connectivity index is 1.47. The summed E-state index contributed by atoms with van der Waals surface area (Å²) in [6.45, 7) is 8.52. The first-order chi connectivity index (χ1) is 15.7. The molecule has 0 saturated heterocycles. The van der Waals surface area contributed by atoms with Crippen molar-refractivity contribution in [2.24, 2.45) is 0 Å². The molecule has 0 aliphatic carbocycles. The zero-order chi connectivity index (χ0) is 22.3. The summed E-state index contributed by atoms with van der Waals surface area (Å²) in [6, 6.07) is 14.1. The van der Waals surface area contributed by atoms with E-state index in [4.69, 9.17) is 9.72 Å². The standard InChI is InChI=1S/C26H29FN4O/c1-3-13-30-18-24-26(31(19-30)14-4-2)29-25(28-24)21-10-6-12-23(17-21)32-15-7-9-20-8-5-11-22(27)16-20/h5-6,8,10-12,16-17H,3-4,13-15,18-19H2,1-2H3,(H,28,29). The second-order valence-corrected chi connectivity index (χ2v) is 7.97. The Morgan fingerprint density at radius 2 is 1.94 bits per heavy atom. The SMILES string of the molecule is CCCN1Cc2[nH]c(-c3cccc(OCC#Cc4cccc(F)c4)c3)nc2N(CCC)C1. The van der Waals surface area contributed by atoms with Crippen LogP contribution < -0.4 is 9.64 Å². The number of H-pyrrole nitrogens is 1. The lowest BCUT2D eigenvalue weighted by molar-refractivity contribution is 0.248. The van der Waals surface area contributed by atoms with Gasteiger partial charge in [-0.2, -0.15) is 0 Å². The molecule has 4 rings (SSSR count). The predicted molar refractivity (Wildman–Crippen MR) is 126 cm³/mol. The van der Waals surface area contributed by atoms with Gasteiger partial charge >= 0.3 is 0 Å². The summed E-state index contributed by atoms with van der Waals surface area (Å²) >= 11 is 0. The molecule has 0 unspecified atom stereocenters. The van der Waals surface area contributed by atoms with Crippen molar-refractivity contribution in [1.82, 2.24) is 14.9 Å². The van der Waals surface area contributed by atoms with Crippen LogP contribution in [0.3, 0.4) is 0 Å². The van der Waals surface area contributed by atoms with Gasteiger partial charge in [-0.15, -0.1) is 0 Å². The minimum absolute atomic E-state index is 0.227. The summed E-state index contributed by atoms with van der Waals surface area (Å²) in [7, 11) is 0. The van der Waals surface area contributed by atoms with E-state index in [2.05, 4.69) is 40.5 Å². The Kier molecular flexibility index (Phi) is 7.08. The Morgan fingerprint density at radius 1 is 1.09 bits per heavy atom. The number of benzene rings is 2. The zero-order valence-electron chi connectivity index (χ0n) is 18.7. The van der Waals surface area contributed by atoms with Crippen LogP contribution in [0.15, 0.2) is 48.5 Å². The molecule has 0 amide bonds. The van der Waals surface area contributed by atoms with Crippen LogP contribution in [0.5, 0.6) is 5.75 Å². The maximum absolute atomic E-state index is 13.2. The summed E-state index contributed by atoms with van der Waals surface area (Å²) in [5, 5.41) is 0. The van der Waals surface area contributed by atoms with Gasteiger partial charge in [0.1, 0.15) is 24.0 Å². The summed E-state index contributed by atoms with van der Waals surface area (Å²) in [6.07, 6.45) is 2.22. The average Bonchev–Trinajstić information content (AvgIpc) is 3.22. The third kappa shape index (κ3) is 5.30. The summed E-state index contributed by atoms with van der Waals surface area (Å²) in [5.74, 6) is 8.21. The Bertz CT molecular complexity index is 1110. The van der Waals surface area contributed by atoms with E-state index < -0.39 is 0 Å². The molecule has 1 aliphatic heterocycles. The van der Waals surface area contributed by atoms with Gasteiger partial charge in [0.15, 0.2) is 5.82 Å². The number of hydrogen-bond donors (Lipinski definition) is 1. The zero-order valence-corrected chi connectivity index (χ0v) is 18.7. The molecule has 1 aromatic heterocycles. The molecule has 0 saturated carbocycles. The molecule has 1 aliphatic rings. The van der Waals surface area contributed by atoms with Crippen LogP contribution in [-0.4, -0.2) is 41.2 Å². The number of nitrogens with one attached hydrogen (secondary N) is 1. The predicted octanol–water partition coefficient (Wildman–Crippen LogP) is 5.05. The van der Waals surface area contributed by atoms with Gasteiger partial charge in [-0.05, 0) is 49.7 Å². The summed E-state index contributed by atoms with van der Waals surface area (Å²) in [4.78, 5) is 13.3. The van der Waals surface area contributed by atoms with Gasteiger partial charge in [-0.1, -0.05) is 43.9 Å². The fourth-order valence-corrected chi connectivity index (χ4v) is 3.96. The normalized spacial score (nSPS) is 13.4. The van der Waals surface area contributed by atoms with Gasteiger partial charge in [0, 0.05) is 24.2 Å². The highest BCUT2D eigenvalue weighted by atomic mass is 19.1. The van der Waals surface area contributed by atoms with Crippen LogP contribution in [0.1, 0.15) is 37.9 Å². The monoisotopic (exact) mass is 432 g/mol. The van der Waals surface area contributed by atoms with Crippen molar-refractivity contribution in [1.29, 1.82) is 0 Å². The largest absolute Gasteiger partial charge is 0.481 e. The number of ether oxygens (including phenoxy) is 1. The second kappa shape index (κ2) is 10.3.